The van der Waals surface area contributed by atoms with Crippen LogP contribution in [0, 0.1) is 20.8 Å². The molecule has 8 bridgehead atoms. The lowest BCUT2D eigenvalue weighted by atomic mass is 9.80. The molecule has 3 aliphatic heterocycles. The zero-order chi connectivity index (χ0) is 30.8. The highest BCUT2D eigenvalue weighted by Gasteiger charge is 2.63. The summed E-state index contributed by atoms with van der Waals surface area (Å²) in [5.41, 5.74) is 6.78. The predicted octanol–water partition coefficient (Wildman–Crippen LogP) is 3.68. The molecule has 2 fully saturated rings. The van der Waals surface area contributed by atoms with E-state index in [1.54, 1.807) is 13.0 Å². The van der Waals surface area contributed by atoms with E-state index < -0.39 is 23.1 Å². The van der Waals surface area contributed by atoms with E-state index in [1.165, 1.54) is 0 Å². The lowest BCUT2D eigenvalue weighted by Gasteiger charge is -2.34. The van der Waals surface area contributed by atoms with Crippen LogP contribution in [0.5, 0.6) is 0 Å². The molecular weight excluding hydrogens is 544 g/mol. The van der Waals surface area contributed by atoms with E-state index in [0.717, 1.165) is 61.2 Å². The van der Waals surface area contributed by atoms with Crippen molar-refractivity contribution in [1.29, 1.82) is 0 Å². The van der Waals surface area contributed by atoms with Crippen LogP contribution < -0.4 is 16.0 Å². The molecule has 9 heteroatoms. The maximum absolute atomic E-state index is 12.6. The Morgan fingerprint density at radius 3 is 2.21 bits per heavy atom. The third kappa shape index (κ3) is 4.26. The van der Waals surface area contributed by atoms with Crippen molar-refractivity contribution >= 4 is 48.4 Å². The van der Waals surface area contributed by atoms with Crippen LogP contribution in [0.2, 0.25) is 0 Å². The minimum absolute atomic E-state index is 0.0510. The van der Waals surface area contributed by atoms with Crippen molar-refractivity contribution in [3.8, 4) is 0 Å². The van der Waals surface area contributed by atoms with Crippen molar-refractivity contribution in [3.63, 3.8) is 0 Å². The number of esters is 1. The van der Waals surface area contributed by atoms with Gasteiger partial charge in [-0.05, 0) is 80.7 Å². The highest BCUT2D eigenvalue weighted by atomic mass is 16.6. The average Bonchev–Trinajstić information content (AvgIpc) is 3.69. The fourth-order valence-electron chi connectivity index (χ4n) is 6.71. The van der Waals surface area contributed by atoms with Gasteiger partial charge in [0.25, 0.3) is 0 Å². The van der Waals surface area contributed by atoms with Crippen LogP contribution >= 0.6 is 0 Å². The molecule has 0 unspecified atom stereocenters. The molecule has 1 spiro atoms. The highest BCUT2D eigenvalue weighted by Crippen LogP contribution is 2.50. The fourth-order valence-corrected chi connectivity index (χ4v) is 6.71. The van der Waals surface area contributed by atoms with Crippen LogP contribution in [0.3, 0.4) is 0 Å². The first-order chi connectivity index (χ1) is 20.4. The molecule has 2 saturated heterocycles. The molecule has 3 aliphatic rings. The average molecular weight is 581 g/mol. The van der Waals surface area contributed by atoms with Gasteiger partial charge in [-0.3, -0.25) is 9.59 Å². The molecule has 3 aromatic heterocycles. The largest absolute Gasteiger partial charge is 0.481 e. The molecule has 0 amide bonds. The van der Waals surface area contributed by atoms with Gasteiger partial charge in [-0.2, -0.15) is 0 Å². The Labute approximate surface area is 249 Å². The number of rotatable bonds is 5. The third-order valence-corrected chi connectivity index (χ3v) is 9.32. The Bertz CT molecular complexity index is 1930. The summed E-state index contributed by atoms with van der Waals surface area (Å²) in [5.74, 6) is -1.29. The number of aliphatic carboxylic acids is 1. The van der Waals surface area contributed by atoms with Crippen molar-refractivity contribution in [2.24, 2.45) is 0 Å². The number of hydrogen-bond donors (Lipinski definition) is 6. The molecule has 2 atom stereocenters. The van der Waals surface area contributed by atoms with Crippen LogP contribution in [0.1, 0.15) is 82.3 Å². The Kier molecular flexibility index (Phi) is 6.54. The summed E-state index contributed by atoms with van der Waals surface area (Å²) in [4.78, 5) is 34.7. The fraction of sp³-hybridized carbons (Fsp3) is 0.294. The number of carboxylic acid groups (broad SMARTS) is 1. The number of carbonyl (C=O) groups excluding carboxylic acids is 1. The summed E-state index contributed by atoms with van der Waals surface area (Å²) >= 11 is 0. The number of ether oxygens (including phenoxy) is 1. The maximum Gasteiger partial charge on any atom is 0.307 e. The van der Waals surface area contributed by atoms with Crippen molar-refractivity contribution in [1.82, 2.24) is 20.3 Å². The second-order valence-corrected chi connectivity index (χ2v) is 11.7. The molecule has 6 heterocycles. The van der Waals surface area contributed by atoms with E-state index in [4.69, 9.17) is 4.74 Å². The number of fused-ring (bicyclic) bond motifs is 9. The lowest BCUT2D eigenvalue weighted by Crippen LogP contribution is -2.49. The van der Waals surface area contributed by atoms with E-state index in [-0.39, 0.29) is 19.3 Å². The third-order valence-electron chi connectivity index (χ3n) is 9.32. The molecule has 3 aromatic rings. The molecular formula is C34H36N4O5. The number of nitrogens with one attached hydrogen (secondary N) is 4. The number of carbonyl (C=O) groups is 2. The van der Waals surface area contributed by atoms with Gasteiger partial charge in [-0.15, -0.1) is 0 Å². The van der Waals surface area contributed by atoms with Crippen molar-refractivity contribution < 1.29 is 24.5 Å². The summed E-state index contributed by atoms with van der Waals surface area (Å²) in [6.45, 7) is 15.8. The number of aromatic nitrogens is 3. The number of H-pyrrole nitrogens is 3. The topological polar surface area (TPSA) is 143 Å². The highest BCUT2D eigenvalue weighted by molar-refractivity contribution is 5.79. The molecule has 0 saturated carbocycles. The van der Waals surface area contributed by atoms with Crippen LogP contribution in [0.25, 0.3) is 36.5 Å². The quantitative estimate of drug-likeness (QED) is 0.254. The molecule has 0 aliphatic carbocycles. The Balaban J connectivity index is 1.71. The van der Waals surface area contributed by atoms with Gasteiger partial charge in [-0.25, -0.2) is 0 Å². The van der Waals surface area contributed by atoms with E-state index in [1.807, 2.05) is 51.2 Å². The van der Waals surface area contributed by atoms with Gasteiger partial charge in [0.2, 0.25) is 0 Å². The van der Waals surface area contributed by atoms with Crippen molar-refractivity contribution in [2.45, 2.75) is 64.6 Å². The maximum atomic E-state index is 12.6. The number of carboxylic acids is 1. The second kappa shape index (κ2) is 9.91. The SMILES string of the molecule is C=Cc1c2[nH]c(c1C)/C=c1\[nH]/c(c(C)c1C=C)=C\c1[nH]c(c(CCC(=O)O)c1C)/C=C1\N/C(=C\2)[C@](C)(O)[C@@]12CCC(=O)O2. The molecule has 43 heavy (non-hydrogen) atoms. The summed E-state index contributed by atoms with van der Waals surface area (Å²) < 4.78 is 5.95. The van der Waals surface area contributed by atoms with E-state index in [0.29, 0.717) is 23.5 Å². The first-order valence-electron chi connectivity index (χ1n) is 14.4. The van der Waals surface area contributed by atoms with Gasteiger partial charge in [0.1, 0.15) is 5.60 Å². The monoisotopic (exact) mass is 580 g/mol. The molecule has 6 N–H and O–H groups in total. The van der Waals surface area contributed by atoms with Gasteiger partial charge in [0.05, 0.1) is 11.4 Å². The number of aromatic amines is 3. The Morgan fingerprint density at radius 2 is 1.56 bits per heavy atom. The summed E-state index contributed by atoms with van der Waals surface area (Å²) in [5, 5.41) is 26.8. The summed E-state index contributed by atoms with van der Waals surface area (Å²) in [6.07, 6.45) is 12.0. The van der Waals surface area contributed by atoms with Crippen LogP contribution in [0.4, 0.5) is 0 Å². The van der Waals surface area contributed by atoms with Gasteiger partial charge >= 0.3 is 11.9 Å². The molecule has 0 radical (unpaired) electrons. The van der Waals surface area contributed by atoms with Crippen LogP contribution in [-0.4, -0.2) is 48.3 Å². The Hall–Kier alpha value is -4.76. The number of aliphatic hydroxyl groups is 1. The molecule has 222 valence electrons. The summed E-state index contributed by atoms with van der Waals surface area (Å²) in [7, 11) is 0. The van der Waals surface area contributed by atoms with Gasteiger partial charge in [0.15, 0.2) is 5.60 Å². The Morgan fingerprint density at radius 1 is 0.907 bits per heavy atom. The normalized spacial score (nSPS) is 26.3. The van der Waals surface area contributed by atoms with Gasteiger partial charge < -0.3 is 35.2 Å². The standard InChI is InChI=1S/C34H36N4O5/c1-7-20-17(3)23-13-24-19(5)22(9-10-31(39)40)28(37-24)16-30-34(12-11-32(41)43-34)33(6,42)29(38-30)15-27-21(8-2)18(4)25(36-27)14-26(20)35-23/h7-8,13-16,35-38,42H,1-2,9-12H2,3-6H3,(H,39,40)/b23-13-,26-14-,29-15-,30-16-/t33-,34+/m0/s1. The van der Waals surface area contributed by atoms with Crippen molar-refractivity contribution in [3.05, 3.63) is 91.4 Å². The first-order valence-corrected chi connectivity index (χ1v) is 14.4. The summed E-state index contributed by atoms with van der Waals surface area (Å²) in [6, 6.07) is 0. The first kappa shape index (κ1) is 28.4. The van der Waals surface area contributed by atoms with Crippen molar-refractivity contribution in [2.75, 3.05) is 0 Å². The lowest BCUT2D eigenvalue weighted by molar-refractivity contribution is -0.158. The van der Waals surface area contributed by atoms with Crippen LogP contribution in [-0.2, 0) is 20.7 Å². The smallest absolute Gasteiger partial charge is 0.307 e. The minimum atomic E-state index is -1.58. The van der Waals surface area contributed by atoms with E-state index >= 15 is 0 Å². The zero-order valence-electron chi connectivity index (χ0n) is 24.8. The predicted molar refractivity (Wildman–Crippen MR) is 167 cm³/mol. The minimum Gasteiger partial charge on any atom is -0.481 e. The van der Waals surface area contributed by atoms with Gasteiger partial charge in [-0.1, -0.05) is 25.3 Å². The molecule has 0 aromatic carbocycles. The van der Waals surface area contributed by atoms with Gasteiger partial charge in [0, 0.05) is 63.9 Å². The molecule has 9 nitrogen and oxygen atoms in total. The van der Waals surface area contributed by atoms with E-state index in [9.17, 15) is 19.8 Å². The number of hydrogen-bond acceptors (Lipinski definition) is 5. The second-order valence-electron chi connectivity index (χ2n) is 11.7. The van der Waals surface area contributed by atoms with E-state index in [2.05, 4.69) is 33.4 Å². The van der Waals surface area contributed by atoms with Crippen LogP contribution in [0.15, 0.2) is 24.6 Å². The molecule has 6 rings (SSSR count). The zero-order valence-corrected chi connectivity index (χ0v) is 24.8.